The molecule has 2 aliphatic rings. The molecule has 3 aromatic carbocycles. The number of aromatic nitrogens is 1. The van der Waals surface area contributed by atoms with Gasteiger partial charge in [-0.25, -0.2) is 4.39 Å². The Bertz CT molecular complexity index is 1510. The van der Waals surface area contributed by atoms with Crippen LogP contribution in [0.25, 0.3) is 11.3 Å². The third-order valence-corrected chi connectivity index (χ3v) is 7.75. The third-order valence-electron chi connectivity index (χ3n) is 7.75. The zero-order valence-corrected chi connectivity index (χ0v) is 22.6. The number of benzene rings is 3. The molecule has 6 rings (SSSR count). The maximum Gasteiger partial charge on any atom is 0.271 e. The highest BCUT2D eigenvalue weighted by Gasteiger charge is 2.34. The Morgan fingerprint density at radius 2 is 1.66 bits per heavy atom. The number of hydrogen-bond acceptors (Lipinski definition) is 4. The van der Waals surface area contributed by atoms with E-state index in [-0.39, 0.29) is 31.2 Å². The van der Waals surface area contributed by atoms with Crippen molar-refractivity contribution in [3.8, 4) is 22.8 Å². The van der Waals surface area contributed by atoms with Gasteiger partial charge in [-0.1, -0.05) is 67.8 Å². The second-order valence-electron chi connectivity index (χ2n) is 10.6. The minimum atomic E-state index is -0.987. The van der Waals surface area contributed by atoms with E-state index in [2.05, 4.69) is 10.3 Å². The predicted molar refractivity (Wildman–Crippen MR) is 153 cm³/mol. The molecule has 41 heavy (non-hydrogen) atoms. The molecule has 1 fully saturated rings. The fraction of sp³-hybridized carbons (Fsp3) is 0.273. The molecule has 8 heteroatoms. The molecule has 2 N–H and O–H groups in total. The molecule has 7 nitrogen and oxygen atoms in total. The van der Waals surface area contributed by atoms with E-state index in [4.69, 9.17) is 9.47 Å². The molecule has 4 aromatic rings. The number of hydrogen-bond donors (Lipinski definition) is 2. The van der Waals surface area contributed by atoms with Gasteiger partial charge in [0.15, 0.2) is 11.5 Å². The van der Waals surface area contributed by atoms with Crippen LogP contribution < -0.4 is 14.8 Å². The number of nitrogens with one attached hydrogen (secondary N) is 2. The van der Waals surface area contributed by atoms with Crippen LogP contribution in [-0.2, 0) is 11.3 Å². The first-order valence-electron chi connectivity index (χ1n) is 14.0. The van der Waals surface area contributed by atoms with Crippen LogP contribution >= 0.6 is 0 Å². The van der Waals surface area contributed by atoms with Crippen molar-refractivity contribution in [1.82, 2.24) is 15.2 Å². The number of ether oxygens (including phenoxy) is 2. The average Bonchev–Trinajstić information content (AvgIpc) is 3.69. The molecular weight excluding hydrogens is 521 g/mol. The summed E-state index contributed by atoms with van der Waals surface area (Å²) in [4.78, 5) is 33.1. The number of carbonyl (C=O) groups is 2. The van der Waals surface area contributed by atoms with Crippen molar-refractivity contribution in [1.29, 1.82) is 0 Å². The number of aromatic amines is 1. The van der Waals surface area contributed by atoms with Crippen molar-refractivity contribution in [3.63, 3.8) is 0 Å². The van der Waals surface area contributed by atoms with Crippen molar-refractivity contribution < 1.29 is 23.5 Å². The average molecular weight is 554 g/mol. The summed E-state index contributed by atoms with van der Waals surface area (Å²) in [5.74, 6) is 0.177. The number of amides is 2. The summed E-state index contributed by atoms with van der Waals surface area (Å²) < 4.78 is 25.0. The zero-order valence-electron chi connectivity index (χ0n) is 22.6. The topological polar surface area (TPSA) is 83.7 Å². The van der Waals surface area contributed by atoms with Crippen molar-refractivity contribution >= 4 is 11.8 Å². The lowest BCUT2D eigenvalue weighted by atomic mass is 9.94. The Labute approximate surface area is 238 Å². The van der Waals surface area contributed by atoms with E-state index in [0.29, 0.717) is 22.8 Å². The molecule has 1 aliphatic heterocycles. The minimum Gasteiger partial charge on any atom is -0.454 e. The lowest BCUT2D eigenvalue weighted by Crippen LogP contribution is -2.47. The summed E-state index contributed by atoms with van der Waals surface area (Å²) in [6.45, 7) is 0.253. The van der Waals surface area contributed by atoms with Crippen molar-refractivity contribution in [3.05, 3.63) is 108 Å². The van der Waals surface area contributed by atoms with Gasteiger partial charge in [0.25, 0.3) is 5.91 Å². The highest BCUT2D eigenvalue weighted by molar-refractivity contribution is 5.97. The van der Waals surface area contributed by atoms with Gasteiger partial charge in [-0.05, 0) is 65.9 Å². The van der Waals surface area contributed by atoms with Crippen molar-refractivity contribution in [2.45, 2.75) is 50.7 Å². The molecule has 0 bridgehead atoms. The van der Waals surface area contributed by atoms with Crippen LogP contribution in [0.2, 0.25) is 0 Å². The molecule has 0 radical (unpaired) electrons. The van der Waals surface area contributed by atoms with E-state index in [9.17, 15) is 14.0 Å². The standard InChI is InChI=1S/C33H32FN3O4/c34-25-14-12-24(13-15-25)31(32(38)35-26-9-5-2-6-10-26)37(20-22-11-18-29-30(19-22)41-21-40-29)33(39)28-17-16-27(36-28)23-7-3-1-4-8-23/h1,3-4,7-8,11-19,26,31,36H,2,5-6,9-10,20-21H2,(H,35,38)/t31-/m0/s1. The molecule has 0 saturated heterocycles. The van der Waals surface area contributed by atoms with E-state index in [1.54, 1.807) is 29.2 Å². The van der Waals surface area contributed by atoms with Crippen LogP contribution in [0, 0.1) is 5.82 Å². The normalized spacial score (nSPS) is 15.3. The van der Waals surface area contributed by atoms with E-state index < -0.39 is 11.9 Å². The second kappa shape index (κ2) is 11.9. The van der Waals surface area contributed by atoms with Gasteiger partial charge in [0, 0.05) is 18.3 Å². The van der Waals surface area contributed by atoms with E-state index >= 15 is 0 Å². The van der Waals surface area contributed by atoms with Crippen molar-refractivity contribution in [2.75, 3.05) is 6.79 Å². The molecule has 1 aromatic heterocycles. The first kappa shape index (κ1) is 26.6. The summed E-state index contributed by atoms with van der Waals surface area (Å²) in [5.41, 5.74) is 3.39. The monoisotopic (exact) mass is 553 g/mol. The first-order chi connectivity index (χ1) is 20.0. The van der Waals surface area contributed by atoms with Crippen molar-refractivity contribution in [2.24, 2.45) is 0 Å². The van der Waals surface area contributed by atoms with Gasteiger partial charge in [0.05, 0.1) is 0 Å². The summed E-state index contributed by atoms with van der Waals surface area (Å²) in [6, 6.07) is 23.6. The predicted octanol–water partition coefficient (Wildman–Crippen LogP) is 6.38. The third kappa shape index (κ3) is 5.96. The van der Waals surface area contributed by atoms with Gasteiger partial charge < -0.3 is 24.7 Å². The summed E-state index contributed by atoms with van der Waals surface area (Å²) in [5, 5.41) is 3.20. The number of fused-ring (bicyclic) bond motifs is 1. The second-order valence-corrected chi connectivity index (χ2v) is 10.6. The first-order valence-corrected chi connectivity index (χ1v) is 14.0. The van der Waals surface area contributed by atoms with Gasteiger partial charge in [0.1, 0.15) is 17.6 Å². The fourth-order valence-corrected chi connectivity index (χ4v) is 5.62. The Morgan fingerprint density at radius 3 is 2.44 bits per heavy atom. The quantitative estimate of drug-likeness (QED) is 0.265. The van der Waals surface area contributed by atoms with Crippen LogP contribution in [0.3, 0.4) is 0 Å². The number of carbonyl (C=O) groups excluding carboxylic acids is 2. The summed E-state index contributed by atoms with van der Waals surface area (Å²) in [7, 11) is 0. The van der Waals surface area contributed by atoms with Crippen LogP contribution in [0.5, 0.6) is 11.5 Å². The fourth-order valence-electron chi connectivity index (χ4n) is 5.62. The molecule has 0 spiro atoms. The lowest BCUT2D eigenvalue weighted by Gasteiger charge is -2.33. The molecule has 1 aliphatic carbocycles. The van der Waals surface area contributed by atoms with E-state index in [1.807, 2.05) is 48.5 Å². The number of rotatable bonds is 8. The largest absolute Gasteiger partial charge is 0.454 e. The summed E-state index contributed by atoms with van der Waals surface area (Å²) in [6.07, 6.45) is 5.05. The van der Waals surface area contributed by atoms with Gasteiger partial charge in [-0.3, -0.25) is 9.59 Å². The highest BCUT2D eigenvalue weighted by atomic mass is 19.1. The lowest BCUT2D eigenvalue weighted by molar-refractivity contribution is -0.127. The van der Waals surface area contributed by atoms with Crippen LogP contribution in [-0.4, -0.2) is 34.5 Å². The van der Waals surface area contributed by atoms with Crippen LogP contribution in [0.15, 0.2) is 84.9 Å². The van der Waals surface area contributed by atoms with Gasteiger partial charge in [0.2, 0.25) is 12.7 Å². The number of halogens is 1. The maximum atomic E-state index is 14.3. The zero-order chi connectivity index (χ0) is 28.2. The number of nitrogens with zero attached hydrogens (tertiary/aromatic N) is 1. The molecular formula is C33H32FN3O4. The molecule has 0 unspecified atom stereocenters. The molecule has 1 saturated carbocycles. The van der Waals surface area contributed by atoms with Gasteiger partial charge in [-0.2, -0.15) is 0 Å². The van der Waals surface area contributed by atoms with E-state index in [0.717, 1.165) is 48.9 Å². The SMILES string of the molecule is O=C(NC1CCCCC1)[C@H](c1ccc(F)cc1)N(Cc1ccc2c(c1)OCO2)C(=O)c1ccc(-c2ccccc2)[nH]1. The molecule has 2 amide bonds. The molecule has 210 valence electrons. The Hall–Kier alpha value is -4.59. The minimum absolute atomic E-state index is 0.0388. The van der Waals surface area contributed by atoms with Crippen LogP contribution in [0.4, 0.5) is 4.39 Å². The Morgan fingerprint density at radius 1 is 0.902 bits per heavy atom. The van der Waals surface area contributed by atoms with E-state index in [1.165, 1.54) is 12.1 Å². The highest BCUT2D eigenvalue weighted by Crippen LogP contribution is 2.34. The maximum absolute atomic E-state index is 14.3. The van der Waals surface area contributed by atoms with Crippen LogP contribution in [0.1, 0.15) is 59.8 Å². The Kier molecular flexibility index (Phi) is 7.71. The smallest absolute Gasteiger partial charge is 0.271 e. The van der Waals surface area contributed by atoms with Gasteiger partial charge in [-0.15, -0.1) is 0 Å². The molecule has 1 atom stereocenters. The number of H-pyrrole nitrogens is 1. The summed E-state index contributed by atoms with van der Waals surface area (Å²) >= 11 is 0. The van der Waals surface area contributed by atoms with Gasteiger partial charge >= 0.3 is 0 Å². The Balaban J connectivity index is 1.38. The molecule has 2 heterocycles.